The maximum absolute atomic E-state index is 13.3. The third kappa shape index (κ3) is 4.93. The van der Waals surface area contributed by atoms with Crippen molar-refractivity contribution in [1.82, 2.24) is 14.5 Å². The van der Waals surface area contributed by atoms with Crippen molar-refractivity contribution < 1.29 is 13.2 Å². The normalized spacial score (nSPS) is 19.3. The van der Waals surface area contributed by atoms with E-state index < -0.39 is 9.84 Å². The number of hydrogen-bond donors (Lipinski definition) is 0. The molecule has 2 heterocycles. The number of imidazole rings is 1. The Bertz CT molecular complexity index is 1310. The third-order valence-electron chi connectivity index (χ3n) is 6.67. The Morgan fingerprint density at radius 1 is 1.06 bits per heavy atom. The lowest BCUT2D eigenvalue weighted by atomic mass is 10.0. The highest BCUT2D eigenvalue weighted by Crippen LogP contribution is 2.34. The average molecular weight is 496 g/mol. The van der Waals surface area contributed by atoms with Crippen LogP contribution < -0.4 is 0 Å². The number of thioether (sulfide) groups is 1. The molecule has 1 atom stereocenters. The molecular formula is C26H29N3O3S2. The predicted octanol–water partition coefficient (Wildman–Crippen LogP) is 4.43. The van der Waals surface area contributed by atoms with E-state index in [0.717, 1.165) is 34.9 Å². The van der Waals surface area contributed by atoms with E-state index in [0.29, 0.717) is 6.42 Å². The van der Waals surface area contributed by atoms with E-state index in [-0.39, 0.29) is 35.2 Å². The van der Waals surface area contributed by atoms with Crippen LogP contribution in [0.4, 0.5) is 0 Å². The van der Waals surface area contributed by atoms with Gasteiger partial charge >= 0.3 is 0 Å². The maximum atomic E-state index is 13.3. The lowest BCUT2D eigenvalue weighted by Crippen LogP contribution is -2.43. The number of carbonyl (C=O) groups is 1. The smallest absolute Gasteiger partial charge is 0.233 e. The number of sulfone groups is 1. The zero-order valence-electron chi connectivity index (χ0n) is 19.5. The van der Waals surface area contributed by atoms with E-state index in [1.807, 2.05) is 46.0 Å². The number of nitrogens with zero attached hydrogens (tertiary/aromatic N) is 3. The van der Waals surface area contributed by atoms with Crippen LogP contribution in [0, 0.1) is 13.8 Å². The van der Waals surface area contributed by atoms with Crippen LogP contribution in [0.3, 0.4) is 0 Å². The molecule has 2 aromatic carbocycles. The van der Waals surface area contributed by atoms with Gasteiger partial charge in [0.2, 0.25) is 5.91 Å². The highest BCUT2D eigenvalue weighted by molar-refractivity contribution is 7.99. The fourth-order valence-corrected chi connectivity index (χ4v) is 7.11. The van der Waals surface area contributed by atoms with Crippen LogP contribution in [0.25, 0.3) is 16.9 Å². The summed E-state index contributed by atoms with van der Waals surface area (Å²) in [5.74, 6) is 0.516. The molecule has 5 rings (SSSR count). The van der Waals surface area contributed by atoms with Crippen molar-refractivity contribution in [3.05, 3.63) is 65.9 Å². The molecule has 2 aliphatic rings. The van der Waals surface area contributed by atoms with Crippen LogP contribution in [0.15, 0.2) is 59.9 Å². The van der Waals surface area contributed by atoms with Gasteiger partial charge < -0.3 is 4.90 Å². The Morgan fingerprint density at radius 3 is 2.47 bits per heavy atom. The van der Waals surface area contributed by atoms with E-state index in [1.54, 1.807) is 0 Å². The Morgan fingerprint density at radius 2 is 1.82 bits per heavy atom. The molecule has 0 spiro atoms. The van der Waals surface area contributed by atoms with E-state index in [1.165, 1.54) is 22.9 Å². The number of aryl methyl sites for hydroxylation is 2. The van der Waals surface area contributed by atoms with Crippen molar-refractivity contribution in [2.24, 2.45) is 0 Å². The minimum absolute atomic E-state index is 0.00458. The molecule has 1 aromatic heterocycles. The molecule has 1 saturated heterocycles. The molecule has 0 radical (unpaired) electrons. The zero-order chi connectivity index (χ0) is 23.9. The molecule has 1 saturated carbocycles. The number of amides is 1. The summed E-state index contributed by atoms with van der Waals surface area (Å²) >= 11 is 1.42. The minimum atomic E-state index is -3.04. The molecule has 2 fully saturated rings. The first-order chi connectivity index (χ1) is 16.3. The van der Waals surface area contributed by atoms with Crippen LogP contribution >= 0.6 is 11.8 Å². The molecule has 178 valence electrons. The summed E-state index contributed by atoms with van der Waals surface area (Å²) in [6.07, 6.45) is 4.49. The predicted molar refractivity (Wildman–Crippen MR) is 136 cm³/mol. The summed E-state index contributed by atoms with van der Waals surface area (Å²) in [5.41, 5.74) is 5.34. The van der Waals surface area contributed by atoms with E-state index in [4.69, 9.17) is 4.98 Å². The zero-order valence-corrected chi connectivity index (χ0v) is 21.1. The number of hydrogen-bond acceptors (Lipinski definition) is 5. The second-order valence-electron chi connectivity index (χ2n) is 9.29. The molecule has 3 aromatic rings. The van der Waals surface area contributed by atoms with Gasteiger partial charge in [0, 0.05) is 29.5 Å². The lowest BCUT2D eigenvalue weighted by Gasteiger charge is -2.28. The van der Waals surface area contributed by atoms with Gasteiger partial charge in [-0.15, -0.1) is 0 Å². The van der Waals surface area contributed by atoms with Gasteiger partial charge in [-0.3, -0.25) is 9.36 Å². The topological polar surface area (TPSA) is 72.3 Å². The van der Waals surface area contributed by atoms with Crippen molar-refractivity contribution in [2.45, 2.75) is 50.4 Å². The summed E-state index contributed by atoms with van der Waals surface area (Å²) < 4.78 is 26.1. The molecule has 34 heavy (non-hydrogen) atoms. The molecule has 1 aliphatic carbocycles. The van der Waals surface area contributed by atoms with Crippen molar-refractivity contribution in [3.8, 4) is 16.9 Å². The highest BCUT2D eigenvalue weighted by Gasteiger charge is 2.42. The van der Waals surface area contributed by atoms with Gasteiger partial charge in [0.25, 0.3) is 0 Å². The van der Waals surface area contributed by atoms with Gasteiger partial charge in [0.1, 0.15) is 0 Å². The fraction of sp³-hybridized carbons (Fsp3) is 0.385. The van der Waals surface area contributed by atoms with Gasteiger partial charge in [-0.05, 0) is 62.4 Å². The van der Waals surface area contributed by atoms with Crippen LogP contribution in [-0.2, 0) is 14.6 Å². The van der Waals surface area contributed by atoms with E-state index >= 15 is 0 Å². The SMILES string of the molecule is Cc1ccc(-c2cn(-c3ccccc3)c(SCC(=O)N(C3CC3)[C@H]3CCS(=O)(=O)C3)n2)cc1C. The number of carbonyl (C=O) groups excluding carboxylic acids is 1. The van der Waals surface area contributed by atoms with Gasteiger partial charge in [-0.25, -0.2) is 13.4 Å². The molecule has 1 aliphatic heterocycles. The second-order valence-corrected chi connectivity index (χ2v) is 12.5. The Kier molecular flexibility index (Phi) is 6.29. The van der Waals surface area contributed by atoms with E-state index in [2.05, 4.69) is 32.0 Å². The van der Waals surface area contributed by atoms with Crippen LogP contribution in [-0.4, -0.2) is 58.1 Å². The highest BCUT2D eigenvalue weighted by atomic mass is 32.2. The number of rotatable bonds is 7. The van der Waals surface area contributed by atoms with Gasteiger partial charge in [-0.1, -0.05) is 42.1 Å². The Balaban J connectivity index is 1.40. The molecule has 0 unspecified atom stereocenters. The molecular weight excluding hydrogens is 466 g/mol. The quantitative estimate of drug-likeness (QED) is 0.454. The standard InChI is InChI=1S/C26H29N3O3S2/c1-18-8-9-20(14-19(18)2)24-15-28(21-6-4-3-5-7-21)26(27-24)33-16-25(30)29(22-10-11-22)23-12-13-34(31,32)17-23/h3-9,14-15,22-23H,10-13,16-17H2,1-2H3/t23-/m0/s1. The molecule has 0 bridgehead atoms. The molecule has 8 heteroatoms. The Labute approximate surface area is 205 Å². The van der Waals surface area contributed by atoms with Crippen LogP contribution in [0.2, 0.25) is 0 Å². The summed E-state index contributed by atoms with van der Waals surface area (Å²) in [6, 6.07) is 16.3. The first kappa shape index (κ1) is 23.2. The Hall–Kier alpha value is -2.58. The fourth-order valence-electron chi connectivity index (χ4n) is 4.53. The summed E-state index contributed by atoms with van der Waals surface area (Å²) in [6.45, 7) is 4.19. The summed E-state index contributed by atoms with van der Waals surface area (Å²) in [7, 11) is -3.04. The van der Waals surface area contributed by atoms with E-state index in [9.17, 15) is 13.2 Å². The summed E-state index contributed by atoms with van der Waals surface area (Å²) in [5, 5.41) is 0.752. The van der Waals surface area contributed by atoms with Crippen molar-refractivity contribution in [2.75, 3.05) is 17.3 Å². The lowest BCUT2D eigenvalue weighted by molar-refractivity contribution is -0.130. The number of benzene rings is 2. The van der Waals surface area contributed by atoms with Gasteiger partial charge in [0.15, 0.2) is 15.0 Å². The van der Waals surface area contributed by atoms with Crippen LogP contribution in [0.5, 0.6) is 0 Å². The van der Waals surface area contributed by atoms with Gasteiger partial charge in [0.05, 0.1) is 23.0 Å². The van der Waals surface area contributed by atoms with Crippen LogP contribution in [0.1, 0.15) is 30.4 Å². The van der Waals surface area contributed by atoms with Crippen molar-refractivity contribution in [1.29, 1.82) is 0 Å². The molecule has 6 nitrogen and oxygen atoms in total. The van der Waals surface area contributed by atoms with Crippen molar-refractivity contribution in [3.63, 3.8) is 0 Å². The third-order valence-corrected chi connectivity index (χ3v) is 9.35. The largest absolute Gasteiger partial charge is 0.335 e. The average Bonchev–Trinajstić information content (AvgIpc) is 3.45. The van der Waals surface area contributed by atoms with Crippen molar-refractivity contribution >= 4 is 27.5 Å². The van der Waals surface area contributed by atoms with Gasteiger partial charge in [-0.2, -0.15) is 0 Å². The molecule has 1 amide bonds. The monoisotopic (exact) mass is 495 g/mol. The first-order valence-corrected chi connectivity index (χ1v) is 14.5. The number of aromatic nitrogens is 2. The maximum Gasteiger partial charge on any atom is 0.233 e. The molecule has 0 N–H and O–H groups in total. The first-order valence-electron chi connectivity index (χ1n) is 11.7. The number of para-hydroxylation sites is 1. The summed E-state index contributed by atoms with van der Waals surface area (Å²) in [4.78, 5) is 20.0. The minimum Gasteiger partial charge on any atom is -0.335 e. The second kappa shape index (κ2) is 9.23.